The Kier molecular flexibility index (Phi) is 3.81. The quantitative estimate of drug-likeness (QED) is 0.481. The molecule has 0 aliphatic heterocycles. The fraction of sp³-hybridized carbons (Fsp3) is 1.00. The van der Waals surface area contributed by atoms with Crippen LogP contribution in [0, 0.1) is 0 Å². The summed E-state index contributed by atoms with van der Waals surface area (Å²) in [5, 5.41) is 0. The molecule has 0 N–H and O–H groups in total. The second-order valence-corrected chi connectivity index (χ2v) is 1.72. The van der Waals surface area contributed by atoms with Crippen LogP contribution in [-0.4, -0.2) is 12.5 Å². The van der Waals surface area contributed by atoms with E-state index in [0.29, 0.717) is 6.10 Å². The Labute approximate surface area is 41.3 Å². The summed E-state index contributed by atoms with van der Waals surface area (Å²) >= 11 is 0. The SMILES string of the molecule is CC(C)OCP. The average molecular weight is 106 g/mol. The molecule has 0 saturated carbocycles. The van der Waals surface area contributed by atoms with Crippen LogP contribution in [0.2, 0.25) is 0 Å². The van der Waals surface area contributed by atoms with E-state index in [-0.39, 0.29) is 0 Å². The van der Waals surface area contributed by atoms with Crippen LogP contribution in [0.15, 0.2) is 0 Å². The highest BCUT2D eigenvalue weighted by Crippen LogP contribution is 1.89. The van der Waals surface area contributed by atoms with Gasteiger partial charge in [0.25, 0.3) is 0 Å². The van der Waals surface area contributed by atoms with Gasteiger partial charge in [-0.05, 0) is 13.8 Å². The van der Waals surface area contributed by atoms with E-state index in [1.807, 2.05) is 13.8 Å². The molecule has 0 fully saturated rings. The van der Waals surface area contributed by atoms with Crippen molar-refractivity contribution < 1.29 is 4.74 Å². The molecule has 0 amide bonds. The third-order valence-electron chi connectivity index (χ3n) is 0.430. The monoisotopic (exact) mass is 106 g/mol. The van der Waals surface area contributed by atoms with E-state index in [4.69, 9.17) is 4.74 Å². The Morgan fingerprint density at radius 1 is 1.67 bits per heavy atom. The smallest absolute Gasteiger partial charge is 0.0605 e. The van der Waals surface area contributed by atoms with Gasteiger partial charge in [-0.25, -0.2) is 0 Å². The summed E-state index contributed by atoms with van der Waals surface area (Å²) in [6, 6.07) is 0. The summed E-state index contributed by atoms with van der Waals surface area (Å²) in [4.78, 5) is 0. The Hall–Kier alpha value is 0.390. The Morgan fingerprint density at radius 3 is 2.17 bits per heavy atom. The number of hydrogen-bond donors (Lipinski definition) is 0. The molecular formula is C4H11OP. The van der Waals surface area contributed by atoms with Gasteiger partial charge in [-0.3, -0.25) is 0 Å². The first-order valence-corrected chi connectivity index (χ1v) is 2.90. The lowest BCUT2D eigenvalue weighted by Crippen LogP contribution is -1.98. The maximum atomic E-state index is 5.00. The van der Waals surface area contributed by atoms with Gasteiger partial charge in [-0.2, -0.15) is 0 Å². The molecule has 0 aliphatic rings. The van der Waals surface area contributed by atoms with E-state index in [1.54, 1.807) is 0 Å². The van der Waals surface area contributed by atoms with Gasteiger partial charge in [-0.15, -0.1) is 9.24 Å². The molecule has 0 aromatic rings. The van der Waals surface area contributed by atoms with Gasteiger partial charge in [-0.1, -0.05) is 0 Å². The van der Waals surface area contributed by atoms with Gasteiger partial charge < -0.3 is 4.74 Å². The lowest BCUT2D eigenvalue weighted by Gasteiger charge is -2.00. The second kappa shape index (κ2) is 3.58. The van der Waals surface area contributed by atoms with Crippen LogP contribution in [0.1, 0.15) is 13.8 Å². The van der Waals surface area contributed by atoms with Crippen molar-refractivity contribution in [2.24, 2.45) is 0 Å². The molecule has 1 atom stereocenters. The first kappa shape index (κ1) is 6.39. The molecule has 0 spiro atoms. The van der Waals surface area contributed by atoms with Gasteiger partial charge >= 0.3 is 0 Å². The van der Waals surface area contributed by atoms with Crippen molar-refractivity contribution in [3.63, 3.8) is 0 Å². The predicted molar refractivity (Wildman–Crippen MR) is 30.8 cm³/mol. The van der Waals surface area contributed by atoms with Crippen LogP contribution >= 0.6 is 9.24 Å². The fourth-order valence-electron chi connectivity index (χ4n) is 0.192. The molecule has 0 saturated heterocycles. The summed E-state index contributed by atoms with van der Waals surface area (Å²) in [5.41, 5.74) is 0. The summed E-state index contributed by atoms with van der Waals surface area (Å²) in [7, 11) is 2.50. The topological polar surface area (TPSA) is 9.23 Å². The van der Waals surface area contributed by atoms with E-state index in [9.17, 15) is 0 Å². The predicted octanol–water partition coefficient (Wildman–Crippen LogP) is 1.24. The van der Waals surface area contributed by atoms with Crippen molar-refractivity contribution in [3.05, 3.63) is 0 Å². The maximum absolute atomic E-state index is 5.00. The van der Waals surface area contributed by atoms with E-state index in [1.165, 1.54) is 0 Å². The minimum atomic E-state index is 0.377. The third-order valence-corrected chi connectivity index (χ3v) is 0.622. The first-order chi connectivity index (χ1) is 2.77. The van der Waals surface area contributed by atoms with Crippen LogP contribution in [0.5, 0.6) is 0 Å². The molecule has 0 aromatic heterocycles. The van der Waals surface area contributed by atoms with E-state index < -0.39 is 0 Å². The third kappa shape index (κ3) is 4.39. The zero-order chi connectivity index (χ0) is 4.99. The van der Waals surface area contributed by atoms with Gasteiger partial charge in [0, 0.05) is 0 Å². The zero-order valence-electron chi connectivity index (χ0n) is 4.27. The summed E-state index contributed by atoms with van der Waals surface area (Å²) in [6.45, 7) is 4.04. The standard InChI is InChI=1S/C4H11OP/c1-4(2)5-3-6/h4H,3,6H2,1-2H3. The lowest BCUT2D eigenvalue weighted by molar-refractivity contribution is 0.120. The number of ether oxygens (including phenoxy) is 1. The van der Waals surface area contributed by atoms with Gasteiger partial charge in [0.05, 0.1) is 12.5 Å². The Balaban J connectivity index is 2.63. The van der Waals surface area contributed by atoms with Crippen LogP contribution in [-0.2, 0) is 4.74 Å². The van der Waals surface area contributed by atoms with Crippen LogP contribution < -0.4 is 0 Å². The molecule has 2 heteroatoms. The summed E-state index contributed by atoms with van der Waals surface area (Å²) < 4.78 is 5.00. The summed E-state index contributed by atoms with van der Waals surface area (Å²) in [5.74, 6) is 0. The Morgan fingerprint density at radius 2 is 2.17 bits per heavy atom. The number of rotatable bonds is 2. The molecule has 0 aliphatic carbocycles. The molecular weight excluding hydrogens is 95.0 g/mol. The molecule has 0 radical (unpaired) electrons. The van der Waals surface area contributed by atoms with Crippen molar-refractivity contribution in [1.29, 1.82) is 0 Å². The largest absolute Gasteiger partial charge is 0.375 e. The fourth-order valence-corrected chi connectivity index (χ4v) is 0.577. The van der Waals surface area contributed by atoms with Crippen molar-refractivity contribution in [2.45, 2.75) is 20.0 Å². The highest BCUT2D eigenvalue weighted by molar-refractivity contribution is 7.16. The molecule has 0 bridgehead atoms. The van der Waals surface area contributed by atoms with Crippen molar-refractivity contribution in [2.75, 3.05) is 6.35 Å². The molecule has 1 unspecified atom stereocenters. The Bertz CT molecular complexity index is 28.7. The summed E-state index contributed by atoms with van der Waals surface area (Å²) in [6.07, 6.45) is 1.12. The molecule has 38 valence electrons. The first-order valence-electron chi connectivity index (χ1n) is 2.09. The van der Waals surface area contributed by atoms with Gasteiger partial charge in [0.1, 0.15) is 0 Å². The lowest BCUT2D eigenvalue weighted by atomic mass is 10.5. The molecule has 0 aromatic carbocycles. The van der Waals surface area contributed by atoms with Crippen LogP contribution in [0.25, 0.3) is 0 Å². The van der Waals surface area contributed by atoms with Gasteiger partial charge in [0.2, 0.25) is 0 Å². The maximum Gasteiger partial charge on any atom is 0.0605 e. The molecule has 0 heterocycles. The second-order valence-electron chi connectivity index (χ2n) is 1.38. The highest BCUT2D eigenvalue weighted by Gasteiger charge is 1.83. The molecule has 6 heavy (non-hydrogen) atoms. The van der Waals surface area contributed by atoms with Crippen molar-refractivity contribution in [1.82, 2.24) is 0 Å². The normalized spacial score (nSPS) is 10.0. The van der Waals surface area contributed by atoms with Crippen LogP contribution in [0.3, 0.4) is 0 Å². The average Bonchev–Trinajstić information content (AvgIpc) is 1.35. The minimum absolute atomic E-state index is 0.377. The van der Waals surface area contributed by atoms with Gasteiger partial charge in [0.15, 0.2) is 0 Å². The van der Waals surface area contributed by atoms with Crippen molar-refractivity contribution >= 4 is 9.24 Å². The molecule has 1 nitrogen and oxygen atoms in total. The van der Waals surface area contributed by atoms with E-state index in [0.717, 1.165) is 6.35 Å². The molecule has 0 rings (SSSR count). The highest BCUT2D eigenvalue weighted by atomic mass is 31.0. The van der Waals surface area contributed by atoms with E-state index in [2.05, 4.69) is 9.24 Å². The minimum Gasteiger partial charge on any atom is -0.375 e. The zero-order valence-corrected chi connectivity index (χ0v) is 5.42. The number of hydrogen-bond acceptors (Lipinski definition) is 1. The van der Waals surface area contributed by atoms with Crippen molar-refractivity contribution in [3.8, 4) is 0 Å². The van der Waals surface area contributed by atoms with E-state index >= 15 is 0 Å². The van der Waals surface area contributed by atoms with Crippen LogP contribution in [0.4, 0.5) is 0 Å².